The molecular weight excluding hydrogens is 220 g/mol. The number of carbonyl (C=O) groups excluding carboxylic acids is 1. The van der Waals surface area contributed by atoms with Crippen LogP contribution in [-0.2, 0) is 0 Å². The molecule has 6 heteroatoms. The predicted octanol–water partition coefficient (Wildman–Crippen LogP) is 0.473. The molecule has 0 aliphatic carbocycles. The second kappa shape index (κ2) is 5.67. The number of nitrogens with two attached hydrogens (primary N) is 1. The number of aromatic nitrogens is 2. The number of nitrogens with zero attached hydrogens (tertiary/aromatic N) is 1. The Morgan fingerprint density at radius 2 is 2.18 bits per heavy atom. The molecule has 0 saturated carbocycles. The number of anilines is 1. The normalized spacial score (nSPS) is 12.8. The number of hydrogen-bond donors (Lipinski definition) is 4. The lowest BCUT2D eigenvalue weighted by Crippen LogP contribution is -2.30. The van der Waals surface area contributed by atoms with E-state index < -0.39 is 0 Å². The maximum atomic E-state index is 11.8. The molecule has 5 N–H and O–H groups in total. The molecule has 0 aliphatic rings. The molecule has 0 aromatic carbocycles. The summed E-state index contributed by atoms with van der Waals surface area (Å²) >= 11 is 0. The van der Waals surface area contributed by atoms with Gasteiger partial charge in [-0.25, -0.2) is 0 Å². The Labute approximate surface area is 101 Å². The van der Waals surface area contributed by atoms with Crippen LogP contribution in [0.15, 0.2) is 0 Å². The smallest absolute Gasteiger partial charge is 0.273 e. The van der Waals surface area contributed by atoms with E-state index in [2.05, 4.69) is 15.5 Å². The first-order valence-electron chi connectivity index (χ1n) is 5.70. The van der Waals surface area contributed by atoms with Crippen molar-refractivity contribution in [3.05, 3.63) is 11.4 Å². The Bertz CT molecular complexity index is 387. The van der Waals surface area contributed by atoms with Crippen molar-refractivity contribution < 1.29 is 9.90 Å². The van der Waals surface area contributed by atoms with Gasteiger partial charge in [0.05, 0.1) is 11.4 Å². The highest BCUT2D eigenvalue weighted by Crippen LogP contribution is 2.21. The number of aliphatic hydroxyl groups is 1. The van der Waals surface area contributed by atoms with Crippen LogP contribution in [0, 0.1) is 5.92 Å². The molecule has 1 aromatic heterocycles. The first-order valence-corrected chi connectivity index (χ1v) is 5.70. The summed E-state index contributed by atoms with van der Waals surface area (Å²) in [7, 11) is 0. The van der Waals surface area contributed by atoms with E-state index in [-0.39, 0.29) is 30.0 Å². The third kappa shape index (κ3) is 3.20. The zero-order valence-corrected chi connectivity index (χ0v) is 10.4. The van der Waals surface area contributed by atoms with Gasteiger partial charge >= 0.3 is 0 Å². The second-order valence-electron chi connectivity index (χ2n) is 4.55. The number of carbonyl (C=O) groups is 1. The molecule has 0 radical (unpaired) electrons. The Kier molecular flexibility index (Phi) is 4.51. The number of rotatable bonds is 5. The summed E-state index contributed by atoms with van der Waals surface area (Å²) in [6.07, 6.45) is 0. The van der Waals surface area contributed by atoms with Gasteiger partial charge in [0.15, 0.2) is 5.69 Å². The average Bonchev–Trinajstić information content (AvgIpc) is 2.67. The maximum Gasteiger partial charge on any atom is 0.273 e. The van der Waals surface area contributed by atoms with Gasteiger partial charge in [-0.2, -0.15) is 5.10 Å². The van der Waals surface area contributed by atoms with Crippen molar-refractivity contribution in [2.24, 2.45) is 5.92 Å². The van der Waals surface area contributed by atoms with E-state index >= 15 is 0 Å². The van der Waals surface area contributed by atoms with Crippen LogP contribution in [0.4, 0.5) is 5.69 Å². The van der Waals surface area contributed by atoms with Crippen LogP contribution >= 0.6 is 0 Å². The SMILES string of the molecule is CC(CO)CNC(=O)c1n[nH]c(C(C)C)c1N. The van der Waals surface area contributed by atoms with Crippen LogP contribution in [0.3, 0.4) is 0 Å². The van der Waals surface area contributed by atoms with Crippen LogP contribution in [0.25, 0.3) is 0 Å². The molecule has 0 fully saturated rings. The minimum Gasteiger partial charge on any atom is -0.396 e. The maximum absolute atomic E-state index is 11.8. The van der Waals surface area contributed by atoms with Crippen LogP contribution in [0.2, 0.25) is 0 Å². The highest BCUT2D eigenvalue weighted by molar-refractivity contribution is 5.97. The average molecular weight is 240 g/mol. The third-order valence-corrected chi connectivity index (χ3v) is 2.55. The van der Waals surface area contributed by atoms with E-state index in [9.17, 15) is 4.79 Å². The number of H-pyrrole nitrogens is 1. The van der Waals surface area contributed by atoms with E-state index in [1.165, 1.54) is 0 Å². The number of aliphatic hydroxyl groups excluding tert-OH is 1. The van der Waals surface area contributed by atoms with Crippen molar-refractivity contribution in [1.82, 2.24) is 15.5 Å². The minimum absolute atomic E-state index is 0.0173. The van der Waals surface area contributed by atoms with Crippen LogP contribution in [0.5, 0.6) is 0 Å². The molecule has 1 atom stereocenters. The summed E-state index contributed by atoms with van der Waals surface area (Å²) < 4.78 is 0. The zero-order chi connectivity index (χ0) is 13.0. The number of hydrogen-bond acceptors (Lipinski definition) is 4. The summed E-state index contributed by atoms with van der Waals surface area (Å²) in [5, 5.41) is 18.2. The van der Waals surface area contributed by atoms with Gasteiger partial charge in [-0.15, -0.1) is 0 Å². The van der Waals surface area contributed by atoms with Crippen molar-refractivity contribution >= 4 is 11.6 Å². The van der Waals surface area contributed by atoms with Gasteiger partial charge in [-0.3, -0.25) is 9.89 Å². The topological polar surface area (TPSA) is 104 Å². The van der Waals surface area contributed by atoms with Gasteiger partial charge in [-0.05, 0) is 11.8 Å². The Balaban J connectivity index is 2.70. The van der Waals surface area contributed by atoms with E-state index in [0.717, 1.165) is 5.69 Å². The minimum atomic E-state index is -0.314. The van der Waals surface area contributed by atoms with Crippen LogP contribution < -0.4 is 11.1 Å². The summed E-state index contributed by atoms with van der Waals surface area (Å²) in [5.41, 5.74) is 7.23. The van der Waals surface area contributed by atoms with E-state index in [0.29, 0.717) is 12.2 Å². The lowest BCUT2D eigenvalue weighted by atomic mass is 10.1. The summed E-state index contributed by atoms with van der Waals surface area (Å²) in [6.45, 7) is 6.22. The fourth-order valence-corrected chi connectivity index (χ4v) is 1.39. The van der Waals surface area contributed by atoms with Gasteiger partial charge < -0.3 is 16.2 Å². The van der Waals surface area contributed by atoms with Crippen molar-refractivity contribution in [3.8, 4) is 0 Å². The van der Waals surface area contributed by atoms with E-state index in [1.807, 2.05) is 20.8 Å². The van der Waals surface area contributed by atoms with E-state index in [4.69, 9.17) is 10.8 Å². The van der Waals surface area contributed by atoms with E-state index in [1.54, 1.807) is 0 Å². The lowest BCUT2D eigenvalue weighted by molar-refractivity contribution is 0.0938. The molecule has 1 heterocycles. The summed E-state index contributed by atoms with van der Waals surface area (Å²) in [6, 6.07) is 0. The first-order chi connectivity index (χ1) is 7.97. The largest absolute Gasteiger partial charge is 0.396 e. The highest BCUT2D eigenvalue weighted by Gasteiger charge is 2.18. The summed E-state index contributed by atoms with van der Waals surface area (Å²) in [5.74, 6) is -0.102. The molecular formula is C11H20N4O2. The van der Waals surface area contributed by atoms with Crippen molar-refractivity contribution in [2.75, 3.05) is 18.9 Å². The van der Waals surface area contributed by atoms with Crippen molar-refractivity contribution in [3.63, 3.8) is 0 Å². The van der Waals surface area contributed by atoms with Crippen molar-refractivity contribution in [1.29, 1.82) is 0 Å². The Morgan fingerprint density at radius 3 is 2.65 bits per heavy atom. The molecule has 1 amide bonds. The van der Waals surface area contributed by atoms with Crippen molar-refractivity contribution in [2.45, 2.75) is 26.7 Å². The third-order valence-electron chi connectivity index (χ3n) is 2.55. The second-order valence-corrected chi connectivity index (χ2v) is 4.55. The monoisotopic (exact) mass is 240 g/mol. The predicted molar refractivity (Wildman–Crippen MR) is 65.7 cm³/mol. The van der Waals surface area contributed by atoms with Gasteiger partial charge in [-0.1, -0.05) is 20.8 Å². The lowest BCUT2D eigenvalue weighted by Gasteiger charge is -2.08. The molecule has 0 aliphatic heterocycles. The highest BCUT2D eigenvalue weighted by atomic mass is 16.3. The fourth-order valence-electron chi connectivity index (χ4n) is 1.39. The molecule has 1 aromatic rings. The standard InChI is InChI=1S/C11H20N4O2/c1-6(2)9-8(12)10(15-14-9)11(17)13-4-7(3)5-16/h6-7,16H,4-5,12H2,1-3H3,(H,13,17)(H,14,15). The Morgan fingerprint density at radius 1 is 1.53 bits per heavy atom. The van der Waals surface area contributed by atoms with Crippen LogP contribution in [-0.4, -0.2) is 34.4 Å². The molecule has 0 bridgehead atoms. The van der Waals surface area contributed by atoms with Gasteiger partial charge in [0.1, 0.15) is 0 Å². The molecule has 1 rings (SSSR count). The zero-order valence-electron chi connectivity index (χ0n) is 10.4. The molecule has 17 heavy (non-hydrogen) atoms. The molecule has 6 nitrogen and oxygen atoms in total. The summed E-state index contributed by atoms with van der Waals surface area (Å²) in [4.78, 5) is 11.8. The van der Waals surface area contributed by atoms with Gasteiger partial charge in [0, 0.05) is 13.2 Å². The Hall–Kier alpha value is -1.56. The molecule has 0 saturated heterocycles. The molecule has 1 unspecified atom stereocenters. The number of nitrogens with one attached hydrogen (secondary N) is 2. The number of nitrogen functional groups attached to an aromatic ring is 1. The quantitative estimate of drug-likeness (QED) is 0.600. The fraction of sp³-hybridized carbons (Fsp3) is 0.636. The van der Waals surface area contributed by atoms with Gasteiger partial charge in [0.25, 0.3) is 5.91 Å². The molecule has 96 valence electrons. The number of aromatic amines is 1. The molecule has 0 spiro atoms. The van der Waals surface area contributed by atoms with Crippen LogP contribution in [0.1, 0.15) is 42.9 Å². The number of amides is 1. The van der Waals surface area contributed by atoms with Gasteiger partial charge in [0.2, 0.25) is 0 Å². The first kappa shape index (κ1) is 13.5.